The largest absolute Gasteiger partial charge is 0.381 e. The van der Waals surface area contributed by atoms with Crippen LogP contribution in [0, 0.1) is 0 Å². The average molecular weight is 213 g/mol. The van der Waals surface area contributed by atoms with Gasteiger partial charge in [-0.05, 0) is 42.0 Å². The molecular formula is C14H15NO. The van der Waals surface area contributed by atoms with E-state index >= 15 is 0 Å². The molecule has 1 aliphatic carbocycles. The topological polar surface area (TPSA) is 24.6 Å². The van der Waals surface area contributed by atoms with Crippen LogP contribution in [0.3, 0.4) is 0 Å². The van der Waals surface area contributed by atoms with Gasteiger partial charge in [0, 0.05) is 17.8 Å². The molecule has 1 aromatic carbocycles. The molecule has 82 valence electrons. The van der Waals surface area contributed by atoms with Crippen LogP contribution >= 0.6 is 0 Å². The van der Waals surface area contributed by atoms with Crippen LogP contribution in [0.1, 0.15) is 36.5 Å². The van der Waals surface area contributed by atoms with Crippen LogP contribution in [-0.2, 0) is 4.74 Å². The molecule has 3 aliphatic rings. The van der Waals surface area contributed by atoms with E-state index in [0.29, 0.717) is 6.10 Å². The molecule has 0 bridgehead atoms. The maximum absolute atomic E-state index is 5.33. The van der Waals surface area contributed by atoms with Crippen molar-refractivity contribution in [2.45, 2.75) is 25.4 Å². The molecule has 1 N–H and O–H groups in total. The van der Waals surface area contributed by atoms with Crippen molar-refractivity contribution >= 4 is 11.3 Å². The average Bonchev–Trinajstić information content (AvgIpc) is 3.06. The van der Waals surface area contributed by atoms with Gasteiger partial charge in [-0.25, -0.2) is 0 Å². The Kier molecular flexibility index (Phi) is 1.71. The van der Waals surface area contributed by atoms with E-state index in [0.717, 1.165) is 13.2 Å². The molecule has 1 aromatic rings. The van der Waals surface area contributed by atoms with E-state index in [2.05, 4.69) is 23.5 Å². The normalized spacial score (nSPS) is 26.1. The summed E-state index contributed by atoms with van der Waals surface area (Å²) < 4.78 is 5.33. The lowest BCUT2D eigenvalue weighted by Crippen LogP contribution is -2.11. The zero-order valence-electron chi connectivity index (χ0n) is 9.25. The Balaban J connectivity index is 1.81. The first-order valence-corrected chi connectivity index (χ1v) is 6.12. The summed E-state index contributed by atoms with van der Waals surface area (Å²) in [5.41, 5.74) is 7.31. The summed E-state index contributed by atoms with van der Waals surface area (Å²) in [5.74, 6) is 0. The minimum Gasteiger partial charge on any atom is -0.381 e. The van der Waals surface area contributed by atoms with Crippen molar-refractivity contribution in [1.29, 1.82) is 0 Å². The molecule has 2 aliphatic heterocycles. The number of hydrogen-bond donors (Lipinski definition) is 1. The molecule has 0 radical (unpaired) electrons. The summed E-state index contributed by atoms with van der Waals surface area (Å²) >= 11 is 0. The number of rotatable bonds is 1. The highest BCUT2D eigenvalue weighted by Gasteiger charge is 2.27. The number of epoxide rings is 1. The minimum atomic E-state index is 0.367. The van der Waals surface area contributed by atoms with E-state index in [4.69, 9.17) is 4.74 Å². The highest BCUT2D eigenvalue weighted by atomic mass is 16.6. The van der Waals surface area contributed by atoms with Crippen LogP contribution in [0.4, 0.5) is 5.69 Å². The van der Waals surface area contributed by atoms with Crippen LogP contribution in [0.5, 0.6) is 0 Å². The van der Waals surface area contributed by atoms with Gasteiger partial charge in [-0.15, -0.1) is 0 Å². The second kappa shape index (κ2) is 3.11. The Morgan fingerprint density at radius 2 is 2.19 bits per heavy atom. The zero-order chi connectivity index (χ0) is 10.5. The second-order valence-corrected chi connectivity index (χ2v) is 4.92. The third-order valence-electron chi connectivity index (χ3n) is 3.90. The Bertz CT molecular complexity index is 486. The number of ether oxygens (including phenoxy) is 1. The van der Waals surface area contributed by atoms with Crippen LogP contribution in [-0.4, -0.2) is 13.2 Å². The van der Waals surface area contributed by atoms with Gasteiger partial charge in [0.2, 0.25) is 0 Å². The lowest BCUT2D eigenvalue weighted by molar-refractivity contribution is 0.415. The van der Waals surface area contributed by atoms with Gasteiger partial charge in [0.15, 0.2) is 0 Å². The fraction of sp³-hybridized carbons (Fsp3) is 0.429. The molecule has 1 saturated heterocycles. The Labute approximate surface area is 95.3 Å². The molecule has 0 aromatic heterocycles. The predicted octanol–water partition coefficient (Wildman–Crippen LogP) is 3.12. The summed E-state index contributed by atoms with van der Waals surface area (Å²) in [4.78, 5) is 0. The number of allylic oxidation sites excluding steroid dienone is 1. The predicted molar refractivity (Wildman–Crippen MR) is 64.4 cm³/mol. The maximum Gasteiger partial charge on any atom is 0.106 e. The Morgan fingerprint density at radius 3 is 3.06 bits per heavy atom. The number of benzene rings is 1. The van der Waals surface area contributed by atoms with Crippen molar-refractivity contribution < 1.29 is 4.74 Å². The number of hydrogen-bond acceptors (Lipinski definition) is 2. The van der Waals surface area contributed by atoms with Gasteiger partial charge in [-0.1, -0.05) is 12.1 Å². The van der Waals surface area contributed by atoms with Gasteiger partial charge >= 0.3 is 0 Å². The van der Waals surface area contributed by atoms with Crippen LogP contribution in [0.25, 0.3) is 5.57 Å². The minimum absolute atomic E-state index is 0.367. The van der Waals surface area contributed by atoms with Gasteiger partial charge in [-0.2, -0.15) is 0 Å². The van der Waals surface area contributed by atoms with Crippen molar-refractivity contribution in [3.05, 3.63) is 34.9 Å². The Hall–Kier alpha value is -1.28. The van der Waals surface area contributed by atoms with E-state index in [1.54, 1.807) is 11.1 Å². The van der Waals surface area contributed by atoms with E-state index in [9.17, 15) is 0 Å². The lowest BCUT2D eigenvalue weighted by Gasteiger charge is -2.21. The first-order chi connectivity index (χ1) is 7.92. The quantitative estimate of drug-likeness (QED) is 0.725. The second-order valence-electron chi connectivity index (χ2n) is 4.92. The van der Waals surface area contributed by atoms with Crippen LogP contribution in [0.15, 0.2) is 23.8 Å². The smallest absolute Gasteiger partial charge is 0.106 e. The molecule has 0 spiro atoms. The molecule has 2 heteroatoms. The molecular weight excluding hydrogens is 198 g/mol. The Morgan fingerprint density at radius 1 is 1.25 bits per heavy atom. The number of nitrogens with one attached hydrogen (secondary N) is 1. The van der Waals surface area contributed by atoms with E-state index < -0.39 is 0 Å². The molecule has 0 saturated carbocycles. The fourth-order valence-electron chi connectivity index (χ4n) is 2.94. The third-order valence-corrected chi connectivity index (χ3v) is 3.90. The number of fused-ring (bicyclic) bond motifs is 2. The summed E-state index contributed by atoms with van der Waals surface area (Å²) in [6.07, 6.45) is 4.25. The summed E-state index contributed by atoms with van der Waals surface area (Å²) in [6, 6.07) is 6.78. The van der Waals surface area contributed by atoms with Crippen molar-refractivity contribution in [2.24, 2.45) is 0 Å². The zero-order valence-corrected chi connectivity index (χ0v) is 9.25. The molecule has 2 nitrogen and oxygen atoms in total. The highest BCUT2D eigenvalue weighted by Crippen LogP contribution is 2.42. The molecule has 0 amide bonds. The summed E-state index contributed by atoms with van der Waals surface area (Å²) in [5, 5.41) is 3.54. The molecule has 1 unspecified atom stereocenters. The van der Waals surface area contributed by atoms with Crippen molar-refractivity contribution in [2.75, 3.05) is 18.5 Å². The summed E-state index contributed by atoms with van der Waals surface area (Å²) in [6.45, 7) is 1.95. The monoisotopic (exact) mass is 213 g/mol. The standard InChI is InChI=1S/C14H15NO/c1-2-10-7-15-13-6-9(14-8-16-14)4-5-12(13)11(10)3-1/h4-6,14-15H,1-3,7-8H2. The van der Waals surface area contributed by atoms with Gasteiger partial charge < -0.3 is 10.1 Å². The number of anilines is 1. The maximum atomic E-state index is 5.33. The van der Waals surface area contributed by atoms with E-state index in [1.807, 2.05) is 0 Å². The van der Waals surface area contributed by atoms with Crippen molar-refractivity contribution in [3.8, 4) is 0 Å². The van der Waals surface area contributed by atoms with Gasteiger partial charge in [0.05, 0.1) is 6.61 Å². The molecule has 1 fully saturated rings. The first kappa shape index (κ1) is 8.82. The molecule has 16 heavy (non-hydrogen) atoms. The lowest BCUT2D eigenvalue weighted by atomic mass is 9.95. The van der Waals surface area contributed by atoms with Gasteiger partial charge in [0.25, 0.3) is 0 Å². The SMILES string of the molecule is c1cc2c(cc1C1CO1)NCC1=C2CCC1. The van der Waals surface area contributed by atoms with Crippen LogP contribution in [0.2, 0.25) is 0 Å². The fourth-order valence-corrected chi connectivity index (χ4v) is 2.94. The molecule has 1 atom stereocenters. The van der Waals surface area contributed by atoms with Crippen molar-refractivity contribution in [1.82, 2.24) is 0 Å². The molecule has 4 rings (SSSR count). The van der Waals surface area contributed by atoms with E-state index in [1.165, 1.54) is 36.1 Å². The highest BCUT2D eigenvalue weighted by molar-refractivity contribution is 5.83. The van der Waals surface area contributed by atoms with Gasteiger partial charge in [0.1, 0.15) is 6.10 Å². The third kappa shape index (κ3) is 1.23. The van der Waals surface area contributed by atoms with E-state index in [-0.39, 0.29) is 0 Å². The first-order valence-electron chi connectivity index (χ1n) is 6.12. The molecule has 2 heterocycles. The summed E-state index contributed by atoms with van der Waals surface area (Å²) in [7, 11) is 0. The van der Waals surface area contributed by atoms with Crippen LogP contribution < -0.4 is 5.32 Å². The van der Waals surface area contributed by atoms with Gasteiger partial charge in [-0.3, -0.25) is 0 Å². The van der Waals surface area contributed by atoms with Crippen molar-refractivity contribution in [3.63, 3.8) is 0 Å².